The third-order valence-electron chi connectivity index (χ3n) is 4.05. The summed E-state index contributed by atoms with van der Waals surface area (Å²) >= 11 is 0. The van der Waals surface area contributed by atoms with Crippen molar-refractivity contribution >= 4 is 28.8 Å². The van der Waals surface area contributed by atoms with Crippen LogP contribution in [0.4, 0.5) is 10.3 Å². The quantitative estimate of drug-likeness (QED) is 0.622. The Morgan fingerprint density at radius 1 is 1.15 bits per heavy atom. The van der Waals surface area contributed by atoms with Crippen LogP contribution >= 0.6 is 0 Å². The van der Waals surface area contributed by atoms with Crippen LogP contribution in [0.2, 0.25) is 0 Å². The number of benzene rings is 2. The largest absolute Gasteiger partial charge is 0.340 e. The van der Waals surface area contributed by atoms with Crippen molar-refractivity contribution in [3.63, 3.8) is 0 Å². The van der Waals surface area contributed by atoms with Gasteiger partial charge >= 0.3 is 0 Å². The molecule has 3 aromatic rings. The Kier molecular flexibility index (Phi) is 5.49. The Morgan fingerprint density at radius 2 is 1.93 bits per heavy atom. The Balaban J connectivity index is 1.74. The number of para-hydroxylation sites is 2. The summed E-state index contributed by atoms with van der Waals surface area (Å²) in [6.07, 6.45) is 0.438. The van der Waals surface area contributed by atoms with Crippen LogP contribution in [0.25, 0.3) is 11.0 Å². The van der Waals surface area contributed by atoms with Gasteiger partial charge in [-0.05, 0) is 42.7 Å². The van der Waals surface area contributed by atoms with E-state index in [0.717, 1.165) is 17.1 Å². The highest BCUT2D eigenvalue weighted by Gasteiger charge is 2.23. The number of anilines is 1. The number of fused-ring (bicyclic) bond motifs is 1. The van der Waals surface area contributed by atoms with E-state index >= 15 is 0 Å². The van der Waals surface area contributed by atoms with Gasteiger partial charge in [0.05, 0.1) is 11.0 Å². The second-order valence-corrected chi connectivity index (χ2v) is 6.76. The van der Waals surface area contributed by atoms with Gasteiger partial charge < -0.3 is 10.3 Å². The van der Waals surface area contributed by atoms with Gasteiger partial charge in [-0.25, -0.2) is 9.37 Å². The molecule has 0 saturated heterocycles. The van der Waals surface area contributed by atoms with Crippen molar-refractivity contribution in [2.45, 2.75) is 26.3 Å². The van der Waals surface area contributed by atoms with E-state index in [1.807, 2.05) is 38.1 Å². The number of hydrogen-bond acceptors (Lipinski definition) is 3. The molecule has 0 aliphatic carbocycles. The van der Waals surface area contributed by atoms with Gasteiger partial charge in [-0.15, -0.1) is 0 Å². The number of carbonyl (C=O) groups is 2. The summed E-state index contributed by atoms with van der Waals surface area (Å²) in [6, 6.07) is 12.0. The number of rotatable bonds is 6. The van der Waals surface area contributed by atoms with Crippen molar-refractivity contribution in [2.24, 2.45) is 5.92 Å². The predicted molar refractivity (Wildman–Crippen MR) is 102 cm³/mol. The highest BCUT2D eigenvalue weighted by atomic mass is 19.1. The normalized spacial score (nSPS) is 12.1. The number of nitrogens with zero attached hydrogens (tertiary/aromatic N) is 1. The minimum absolute atomic E-state index is 0.167. The molecule has 140 valence electrons. The number of nitrogens with one attached hydrogen (secondary N) is 3. The second kappa shape index (κ2) is 7.99. The number of aromatic amines is 1. The first-order chi connectivity index (χ1) is 12.9. The van der Waals surface area contributed by atoms with Crippen LogP contribution in [0.5, 0.6) is 0 Å². The molecule has 1 heterocycles. The molecule has 27 heavy (non-hydrogen) atoms. The lowest BCUT2D eigenvalue weighted by Gasteiger charge is -2.19. The number of H-pyrrole nitrogens is 1. The van der Waals surface area contributed by atoms with Gasteiger partial charge in [0.15, 0.2) is 0 Å². The average molecular weight is 368 g/mol. The van der Waals surface area contributed by atoms with Crippen LogP contribution in [0, 0.1) is 11.7 Å². The molecule has 0 radical (unpaired) electrons. The van der Waals surface area contributed by atoms with Crippen LogP contribution in [0.15, 0.2) is 48.5 Å². The Morgan fingerprint density at radius 3 is 2.63 bits per heavy atom. The highest BCUT2D eigenvalue weighted by Crippen LogP contribution is 2.15. The topological polar surface area (TPSA) is 86.9 Å². The number of aromatic nitrogens is 2. The van der Waals surface area contributed by atoms with E-state index in [4.69, 9.17) is 0 Å². The molecular weight excluding hydrogens is 347 g/mol. The summed E-state index contributed by atoms with van der Waals surface area (Å²) in [5, 5.41) is 5.40. The molecule has 2 amide bonds. The molecule has 0 unspecified atom stereocenters. The van der Waals surface area contributed by atoms with Crippen LogP contribution in [-0.2, 0) is 4.79 Å². The van der Waals surface area contributed by atoms with Crippen molar-refractivity contribution in [3.05, 3.63) is 59.9 Å². The summed E-state index contributed by atoms with van der Waals surface area (Å²) in [6.45, 7) is 3.91. The maximum Gasteiger partial charge on any atom is 0.252 e. The zero-order valence-corrected chi connectivity index (χ0v) is 15.1. The summed E-state index contributed by atoms with van der Waals surface area (Å²) < 4.78 is 13.4. The number of carbonyl (C=O) groups excluding carboxylic acids is 2. The summed E-state index contributed by atoms with van der Waals surface area (Å²) in [4.78, 5) is 32.4. The third-order valence-corrected chi connectivity index (χ3v) is 4.05. The Hall–Kier alpha value is -3.22. The standard InChI is InChI=1S/C20H21FN4O2/c1-12(2)10-17(22-18(26)13-6-5-7-14(21)11-13)19(27)25-20-23-15-8-3-4-9-16(15)24-20/h3-9,11-12,17H,10H2,1-2H3,(H,22,26)(H2,23,24,25,27)/t17-/m1/s1. The van der Waals surface area contributed by atoms with E-state index < -0.39 is 17.8 Å². The van der Waals surface area contributed by atoms with E-state index in [0.29, 0.717) is 12.4 Å². The predicted octanol–water partition coefficient (Wildman–Crippen LogP) is 3.49. The number of hydrogen-bond donors (Lipinski definition) is 3. The molecule has 0 fully saturated rings. The van der Waals surface area contributed by atoms with Crippen LogP contribution in [0.1, 0.15) is 30.6 Å². The summed E-state index contributed by atoms with van der Waals surface area (Å²) in [5.74, 6) is -0.901. The van der Waals surface area contributed by atoms with Gasteiger partial charge in [0.25, 0.3) is 5.91 Å². The third kappa shape index (κ3) is 4.69. The van der Waals surface area contributed by atoms with E-state index in [-0.39, 0.29) is 17.4 Å². The summed E-state index contributed by atoms with van der Waals surface area (Å²) in [7, 11) is 0. The maximum atomic E-state index is 13.4. The van der Waals surface area contributed by atoms with E-state index in [1.165, 1.54) is 18.2 Å². The number of halogens is 1. The minimum Gasteiger partial charge on any atom is -0.340 e. The molecule has 3 N–H and O–H groups in total. The van der Waals surface area contributed by atoms with Gasteiger partial charge in [-0.2, -0.15) is 0 Å². The first kappa shape index (κ1) is 18.6. The fourth-order valence-electron chi connectivity index (χ4n) is 2.79. The van der Waals surface area contributed by atoms with Gasteiger partial charge in [0, 0.05) is 5.56 Å². The van der Waals surface area contributed by atoms with Gasteiger partial charge in [-0.1, -0.05) is 32.0 Å². The van der Waals surface area contributed by atoms with Crippen molar-refractivity contribution in [1.82, 2.24) is 15.3 Å². The van der Waals surface area contributed by atoms with E-state index in [2.05, 4.69) is 20.6 Å². The Bertz CT molecular complexity index is 934. The first-order valence-corrected chi connectivity index (χ1v) is 8.74. The van der Waals surface area contributed by atoms with Crippen molar-refractivity contribution in [2.75, 3.05) is 5.32 Å². The molecule has 1 atom stereocenters. The van der Waals surface area contributed by atoms with Crippen molar-refractivity contribution in [1.29, 1.82) is 0 Å². The van der Waals surface area contributed by atoms with Crippen molar-refractivity contribution < 1.29 is 14.0 Å². The molecule has 7 heteroatoms. The van der Waals surface area contributed by atoms with E-state index in [9.17, 15) is 14.0 Å². The molecule has 3 rings (SSSR count). The van der Waals surface area contributed by atoms with Crippen LogP contribution in [0.3, 0.4) is 0 Å². The van der Waals surface area contributed by atoms with Gasteiger partial charge in [0.2, 0.25) is 11.9 Å². The fraction of sp³-hybridized carbons (Fsp3) is 0.250. The molecular formula is C20H21FN4O2. The molecule has 1 aromatic heterocycles. The van der Waals surface area contributed by atoms with Crippen molar-refractivity contribution in [3.8, 4) is 0 Å². The lowest BCUT2D eigenvalue weighted by atomic mass is 10.0. The Labute approximate surface area is 156 Å². The monoisotopic (exact) mass is 368 g/mol. The number of imidazole rings is 1. The molecule has 2 aromatic carbocycles. The fourth-order valence-corrected chi connectivity index (χ4v) is 2.79. The van der Waals surface area contributed by atoms with Crippen LogP contribution < -0.4 is 10.6 Å². The molecule has 0 saturated carbocycles. The molecule has 6 nitrogen and oxygen atoms in total. The minimum atomic E-state index is -0.769. The summed E-state index contributed by atoms with van der Waals surface area (Å²) in [5.41, 5.74) is 1.70. The molecule has 0 spiro atoms. The second-order valence-electron chi connectivity index (χ2n) is 6.76. The maximum absolute atomic E-state index is 13.4. The molecule has 0 aliphatic heterocycles. The lowest BCUT2D eigenvalue weighted by Crippen LogP contribution is -2.44. The smallest absolute Gasteiger partial charge is 0.252 e. The highest BCUT2D eigenvalue weighted by molar-refractivity contribution is 6.01. The molecule has 0 aliphatic rings. The van der Waals surface area contributed by atoms with Gasteiger partial charge in [-0.3, -0.25) is 14.9 Å². The SMILES string of the molecule is CC(C)C[C@@H](NC(=O)c1cccc(F)c1)C(=O)Nc1nc2ccccc2[nH]1. The van der Waals surface area contributed by atoms with Gasteiger partial charge in [0.1, 0.15) is 11.9 Å². The number of amides is 2. The van der Waals surface area contributed by atoms with Crippen LogP contribution in [-0.4, -0.2) is 27.8 Å². The van der Waals surface area contributed by atoms with E-state index in [1.54, 1.807) is 0 Å². The zero-order valence-electron chi connectivity index (χ0n) is 15.1. The molecule has 0 bridgehead atoms. The lowest BCUT2D eigenvalue weighted by molar-refractivity contribution is -0.118. The zero-order chi connectivity index (χ0) is 19.4. The first-order valence-electron chi connectivity index (χ1n) is 8.74. The average Bonchev–Trinajstić information content (AvgIpc) is 3.02.